The molecule has 0 aliphatic carbocycles. The van der Waals surface area contributed by atoms with E-state index >= 15 is 0 Å². The number of aryl methyl sites for hydroxylation is 2. The summed E-state index contributed by atoms with van der Waals surface area (Å²) in [6, 6.07) is 11.3. The van der Waals surface area contributed by atoms with E-state index in [1.165, 1.54) is 0 Å². The number of benzene rings is 1. The molecule has 0 saturated carbocycles. The molecule has 3 aromatic rings. The van der Waals surface area contributed by atoms with Crippen molar-refractivity contribution < 1.29 is 9.53 Å². The van der Waals surface area contributed by atoms with Crippen LogP contribution < -0.4 is 10.1 Å². The molecule has 3 rings (SSSR count). The van der Waals surface area contributed by atoms with Crippen molar-refractivity contribution in [2.24, 2.45) is 7.05 Å². The lowest BCUT2D eigenvalue weighted by Crippen LogP contribution is -2.22. The first-order valence-corrected chi connectivity index (χ1v) is 7.58. The summed E-state index contributed by atoms with van der Waals surface area (Å²) in [5, 5.41) is 11.3. The second kappa shape index (κ2) is 6.57. The first-order chi connectivity index (χ1) is 11.6. The number of aromatic nitrogens is 4. The zero-order valence-electron chi connectivity index (χ0n) is 13.9. The lowest BCUT2D eigenvalue weighted by molar-refractivity contribution is -0.118. The van der Waals surface area contributed by atoms with Gasteiger partial charge in [-0.2, -0.15) is 10.2 Å². The summed E-state index contributed by atoms with van der Waals surface area (Å²) in [7, 11) is 1.84. The molecule has 2 heterocycles. The fraction of sp³-hybridized carbons (Fsp3) is 0.235. The quantitative estimate of drug-likeness (QED) is 0.781. The number of hydrogen-bond acceptors (Lipinski definition) is 4. The Bertz CT molecular complexity index is 851. The molecule has 0 atom stereocenters. The molecule has 0 saturated heterocycles. The maximum atomic E-state index is 12.2. The zero-order chi connectivity index (χ0) is 17.1. The minimum atomic E-state index is -0.254. The third kappa shape index (κ3) is 3.15. The number of amides is 1. The van der Waals surface area contributed by atoms with Gasteiger partial charge in [0.1, 0.15) is 11.5 Å². The molecular weight excluding hydrogens is 306 g/mol. The predicted molar refractivity (Wildman–Crippen MR) is 90.4 cm³/mol. The smallest absolute Gasteiger partial charge is 0.263 e. The number of carbonyl (C=O) groups is 1. The minimum Gasteiger partial charge on any atom is -0.480 e. The van der Waals surface area contributed by atoms with Gasteiger partial charge in [-0.3, -0.25) is 9.48 Å². The van der Waals surface area contributed by atoms with E-state index in [1.807, 2.05) is 51.2 Å². The molecule has 1 amide bonds. The highest BCUT2D eigenvalue weighted by Crippen LogP contribution is 2.21. The van der Waals surface area contributed by atoms with E-state index in [1.54, 1.807) is 21.6 Å². The van der Waals surface area contributed by atoms with Crippen LogP contribution in [0.25, 0.3) is 5.69 Å². The van der Waals surface area contributed by atoms with Crippen molar-refractivity contribution in [2.75, 3.05) is 11.9 Å². The van der Waals surface area contributed by atoms with Gasteiger partial charge in [-0.1, -0.05) is 18.2 Å². The summed E-state index contributed by atoms with van der Waals surface area (Å²) in [6.45, 7) is 3.66. The third-order valence-electron chi connectivity index (χ3n) is 3.70. The normalized spacial score (nSPS) is 10.6. The molecule has 0 aliphatic heterocycles. The number of nitrogens with one attached hydrogen (secondary N) is 1. The Morgan fingerprint density at radius 1 is 1.21 bits per heavy atom. The molecule has 7 heteroatoms. The number of nitrogens with zero attached hydrogens (tertiary/aromatic N) is 4. The highest BCUT2D eigenvalue weighted by atomic mass is 16.5. The van der Waals surface area contributed by atoms with Crippen LogP contribution in [0.1, 0.15) is 11.4 Å². The number of carbonyl (C=O) groups excluding carboxylic acids is 1. The van der Waals surface area contributed by atoms with E-state index in [4.69, 9.17) is 4.74 Å². The van der Waals surface area contributed by atoms with Crippen LogP contribution in [0.2, 0.25) is 0 Å². The van der Waals surface area contributed by atoms with Gasteiger partial charge < -0.3 is 10.1 Å². The number of anilines is 1. The summed E-state index contributed by atoms with van der Waals surface area (Å²) in [6.07, 6.45) is 1.64. The maximum Gasteiger partial charge on any atom is 0.263 e. The molecule has 0 unspecified atom stereocenters. The molecule has 7 nitrogen and oxygen atoms in total. The largest absolute Gasteiger partial charge is 0.480 e. The van der Waals surface area contributed by atoms with Crippen molar-refractivity contribution in [3.63, 3.8) is 0 Å². The second-order valence-electron chi connectivity index (χ2n) is 5.42. The number of rotatable bonds is 5. The Morgan fingerprint density at radius 3 is 2.62 bits per heavy atom. The van der Waals surface area contributed by atoms with E-state index in [-0.39, 0.29) is 12.5 Å². The monoisotopic (exact) mass is 325 g/mol. The molecule has 0 aliphatic rings. The van der Waals surface area contributed by atoms with Crippen LogP contribution in [0.3, 0.4) is 0 Å². The van der Waals surface area contributed by atoms with Crippen LogP contribution in [-0.4, -0.2) is 32.1 Å². The topological polar surface area (TPSA) is 74.0 Å². The van der Waals surface area contributed by atoms with Gasteiger partial charge in [-0.15, -0.1) is 0 Å². The number of para-hydroxylation sites is 1. The van der Waals surface area contributed by atoms with Gasteiger partial charge in [0, 0.05) is 13.1 Å². The van der Waals surface area contributed by atoms with Gasteiger partial charge in [0.15, 0.2) is 12.4 Å². The van der Waals surface area contributed by atoms with Crippen molar-refractivity contribution >= 4 is 11.7 Å². The van der Waals surface area contributed by atoms with Crippen molar-refractivity contribution in [3.8, 4) is 11.4 Å². The molecule has 24 heavy (non-hydrogen) atoms. The van der Waals surface area contributed by atoms with E-state index in [0.29, 0.717) is 11.6 Å². The average Bonchev–Trinajstić information content (AvgIpc) is 3.12. The Kier molecular flexibility index (Phi) is 4.33. The fourth-order valence-electron chi connectivity index (χ4n) is 2.45. The molecule has 0 bridgehead atoms. The van der Waals surface area contributed by atoms with Crippen molar-refractivity contribution in [2.45, 2.75) is 13.8 Å². The molecule has 1 aromatic carbocycles. The molecular formula is C17H19N5O2. The standard InChI is InChI=1S/C17H19N5O2/c1-12-17(13(2)21(3)20-12)24-11-16(23)19-15-9-10-18-22(15)14-7-5-4-6-8-14/h4-10H,11H2,1-3H3,(H,19,23). The first-order valence-electron chi connectivity index (χ1n) is 7.58. The van der Waals surface area contributed by atoms with Crippen LogP contribution in [-0.2, 0) is 11.8 Å². The van der Waals surface area contributed by atoms with Gasteiger partial charge in [0.25, 0.3) is 5.91 Å². The summed E-state index contributed by atoms with van der Waals surface area (Å²) in [5.74, 6) is 0.981. The Hall–Kier alpha value is -3.09. The zero-order valence-corrected chi connectivity index (χ0v) is 13.9. The average molecular weight is 325 g/mol. The minimum absolute atomic E-state index is 0.0899. The van der Waals surface area contributed by atoms with Crippen LogP contribution in [0.4, 0.5) is 5.82 Å². The van der Waals surface area contributed by atoms with Crippen LogP contribution >= 0.6 is 0 Å². The highest BCUT2D eigenvalue weighted by Gasteiger charge is 2.14. The fourth-order valence-corrected chi connectivity index (χ4v) is 2.45. The van der Waals surface area contributed by atoms with Crippen molar-refractivity contribution in [1.29, 1.82) is 0 Å². The second-order valence-corrected chi connectivity index (χ2v) is 5.42. The van der Waals surface area contributed by atoms with E-state index < -0.39 is 0 Å². The van der Waals surface area contributed by atoms with E-state index in [2.05, 4.69) is 15.5 Å². The van der Waals surface area contributed by atoms with Crippen LogP contribution in [0.15, 0.2) is 42.6 Å². The molecule has 1 N–H and O–H groups in total. The van der Waals surface area contributed by atoms with Crippen molar-refractivity contribution in [1.82, 2.24) is 19.6 Å². The predicted octanol–water partition coefficient (Wildman–Crippen LogP) is 2.24. The Balaban J connectivity index is 1.67. The van der Waals surface area contributed by atoms with Crippen LogP contribution in [0.5, 0.6) is 5.75 Å². The Morgan fingerprint density at radius 2 is 1.96 bits per heavy atom. The molecule has 0 radical (unpaired) electrons. The van der Waals surface area contributed by atoms with E-state index in [9.17, 15) is 4.79 Å². The molecule has 2 aromatic heterocycles. The first kappa shape index (κ1) is 15.8. The summed E-state index contributed by atoms with van der Waals surface area (Å²) in [5.41, 5.74) is 2.52. The third-order valence-corrected chi connectivity index (χ3v) is 3.70. The van der Waals surface area contributed by atoms with Gasteiger partial charge in [0.05, 0.1) is 17.6 Å². The maximum absolute atomic E-state index is 12.2. The lowest BCUT2D eigenvalue weighted by Gasteiger charge is -2.10. The van der Waals surface area contributed by atoms with Gasteiger partial charge >= 0.3 is 0 Å². The van der Waals surface area contributed by atoms with Gasteiger partial charge in [0.2, 0.25) is 0 Å². The number of ether oxygens (including phenoxy) is 1. The molecule has 0 spiro atoms. The van der Waals surface area contributed by atoms with Gasteiger partial charge in [-0.25, -0.2) is 4.68 Å². The lowest BCUT2D eigenvalue weighted by atomic mass is 10.3. The van der Waals surface area contributed by atoms with Crippen LogP contribution in [0, 0.1) is 13.8 Å². The Labute approximate surface area is 139 Å². The summed E-state index contributed by atoms with van der Waals surface area (Å²) in [4.78, 5) is 12.2. The number of hydrogen-bond donors (Lipinski definition) is 1. The highest BCUT2D eigenvalue weighted by molar-refractivity contribution is 5.91. The van der Waals surface area contributed by atoms with Crippen molar-refractivity contribution in [3.05, 3.63) is 54.0 Å². The van der Waals surface area contributed by atoms with Gasteiger partial charge in [-0.05, 0) is 26.0 Å². The summed E-state index contributed by atoms with van der Waals surface area (Å²) < 4.78 is 9.01. The SMILES string of the molecule is Cc1nn(C)c(C)c1OCC(=O)Nc1ccnn1-c1ccccc1. The molecule has 124 valence electrons. The molecule has 0 fully saturated rings. The summed E-state index contributed by atoms with van der Waals surface area (Å²) >= 11 is 0. The van der Waals surface area contributed by atoms with E-state index in [0.717, 1.165) is 17.1 Å².